The molecule has 2 aliphatic heterocycles. The number of carbonyl (C=O) groups is 1. The Morgan fingerprint density at radius 3 is 2.40 bits per heavy atom. The summed E-state index contributed by atoms with van der Waals surface area (Å²) < 4.78 is 13.9. The average molecular weight is 340 g/mol. The highest BCUT2D eigenvalue weighted by Gasteiger charge is 2.29. The highest BCUT2D eigenvalue weighted by atomic mass is 19.1. The van der Waals surface area contributed by atoms with E-state index in [0.717, 1.165) is 44.8 Å². The number of anilines is 2. The van der Waals surface area contributed by atoms with Crippen LogP contribution in [-0.2, 0) is 11.2 Å². The van der Waals surface area contributed by atoms with E-state index in [1.807, 2.05) is 35.2 Å². The van der Waals surface area contributed by atoms with Crippen molar-refractivity contribution in [2.45, 2.75) is 6.42 Å². The number of para-hydroxylation sites is 2. The first-order valence-electron chi connectivity index (χ1n) is 8.94. The molecule has 2 aromatic carbocycles. The Balaban J connectivity index is 1.35. The lowest BCUT2D eigenvalue weighted by molar-refractivity contribution is -0.892. The van der Waals surface area contributed by atoms with E-state index in [4.69, 9.17) is 0 Å². The number of fused-ring (bicyclic) bond motifs is 1. The maximum Gasteiger partial charge on any atom is 0.282 e. The SMILES string of the molecule is O=C(C[NH+]1CCN(c2ccccc2F)CC1)N1CCc2ccccc21. The molecular weight excluding hydrogens is 317 g/mol. The van der Waals surface area contributed by atoms with Gasteiger partial charge in [-0.25, -0.2) is 4.39 Å². The van der Waals surface area contributed by atoms with Gasteiger partial charge in [-0.05, 0) is 30.2 Å². The Labute approximate surface area is 147 Å². The lowest BCUT2D eigenvalue weighted by atomic mass is 10.2. The Hall–Kier alpha value is -2.40. The van der Waals surface area contributed by atoms with Crippen molar-refractivity contribution in [3.05, 3.63) is 59.9 Å². The third-order valence-electron chi connectivity index (χ3n) is 5.25. The van der Waals surface area contributed by atoms with Crippen molar-refractivity contribution in [2.75, 3.05) is 49.1 Å². The molecule has 4 rings (SSSR count). The minimum Gasteiger partial charge on any atom is -0.358 e. The van der Waals surface area contributed by atoms with E-state index in [0.29, 0.717) is 12.2 Å². The second-order valence-electron chi connectivity index (χ2n) is 6.79. The summed E-state index contributed by atoms with van der Waals surface area (Å²) in [5.74, 6) is 0.0231. The number of hydrogen-bond donors (Lipinski definition) is 1. The topological polar surface area (TPSA) is 28.0 Å². The van der Waals surface area contributed by atoms with Crippen molar-refractivity contribution in [3.8, 4) is 0 Å². The Bertz CT molecular complexity index is 771. The van der Waals surface area contributed by atoms with E-state index in [9.17, 15) is 9.18 Å². The maximum absolute atomic E-state index is 13.9. The molecule has 0 atom stereocenters. The first-order valence-corrected chi connectivity index (χ1v) is 8.94. The fourth-order valence-electron chi connectivity index (χ4n) is 3.86. The largest absolute Gasteiger partial charge is 0.358 e. The Kier molecular flexibility index (Phi) is 4.40. The molecule has 0 bridgehead atoms. The summed E-state index contributed by atoms with van der Waals surface area (Å²) in [5.41, 5.74) is 2.99. The number of quaternary nitrogens is 1. The average Bonchev–Trinajstić information content (AvgIpc) is 3.07. The zero-order chi connectivity index (χ0) is 17.2. The zero-order valence-electron chi connectivity index (χ0n) is 14.2. The van der Waals surface area contributed by atoms with Gasteiger partial charge in [-0.3, -0.25) is 4.79 Å². The molecule has 0 aromatic heterocycles. The van der Waals surface area contributed by atoms with Gasteiger partial charge in [-0.2, -0.15) is 0 Å². The smallest absolute Gasteiger partial charge is 0.282 e. The van der Waals surface area contributed by atoms with Crippen LogP contribution in [0.3, 0.4) is 0 Å². The molecule has 0 saturated carbocycles. The van der Waals surface area contributed by atoms with Crippen molar-refractivity contribution in [3.63, 3.8) is 0 Å². The van der Waals surface area contributed by atoms with Gasteiger partial charge in [-0.1, -0.05) is 30.3 Å². The molecule has 2 aromatic rings. The maximum atomic E-state index is 13.9. The molecule has 0 radical (unpaired) electrons. The summed E-state index contributed by atoms with van der Waals surface area (Å²) >= 11 is 0. The van der Waals surface area contributed by atoms with Gasteiger partial charge in [0.25, 0.3) is 5.91 Å². The molecule has 1 amide bonds. The molecule has 0 aliphatic carbocycles. The van der Waals surface area contributed by atoms with E-state index in [1.54, 1.807) is 6.07 Å². The van der Waals surface area contributed by atoms with E-state index < -0.39 is 0 Å². The molecule has 5 heteroatoms. The number of nitrogens with one attached hydrogen (secondary N) is 1. The van der Waals surface area contributed by atoms with Crippen LogP contribution in [0.25, 0.3) is 0 Å². The molecule has 1 fully saturated rings. The first-order chi connectivity index (χ1) is 12.2. The minimum absolute atomic E-state index is 0.171. The second kappa shape index (κ2) is 6.84. The molecule has 4 nitrogen and oxygen atoms in total. The number of carbonyl (C=O) groups excluding carboxylic acids is 1. The van der Waals surface area contributed by atoms with Crippen molar-refractivity contribution in [1.82, 2.24) is 0 Å². The summed E-state index contributed by atoms with van der Waals surface area (Å²) in [6.45, 7) is 4.57. The molecule has 130 valence electrons. The van der Waals surface area contributed by atoms with Gasteiger partial charge in [0.05, 0.1) is 31.9 Å². The summed E-state index contributed by atoms with van der Waals surface area (Å²) in [7, 11) is 0. The van der Waals surface area contributed by atoms with Crippen LogP contribution in [-0.4, -0.2) is 45.2 Å². The minimum atomic E-state index is -0.171. The van der Waals surface area contributed by atoms with Gasteiger partial charge < -0.3 is 14.7 Å². The highest BCUT2D eigenvalue weighted by Crippen LogP contribution is 2.27. The molecule has 0 spiro atoms. The third-order valence-corrected chi connectivity index (χ3v) is 5.25. The standard InChI is InChI=1S/C20H22FN3O/c21-17-6-2-4-8-19(17)23-13-11-22(12-14-23)15-20(25)24-10-9-16-5-1-3-7-18(16)24/h1-8H,9-15H2/p+1. The van der Waals surface area contributed by atoms with Crippen LogP contribution in [0.15, 0.2) is 48.5 Å². The van der Waals surface area contributed by atoms with Crippen molar-refractivity contribution in [2.24, 2.45) is 0 Å². The Morgan fingerprint density at radius 2 is 1.64 bits per heavy atom. The number of halogens is 1. The Morgan fingerprint density at radius 1 is 0.960 bits per heavy atom. The fourth-order valence-corrected chi connectivity index (χ4v) is 3.86. The summed E-state index contributed by atoms with van der Waals surface area (Å²) in [5, 5.41) is 0. The fraction of sp³-hybridized carbons (Fsp3) is 0.350. The predicted octanol–water partition coefficient (Wildman–Crippen LogP) is 1.12. The number of piperazine rings is 1. The molecule has 2 aliphatic rings. The summed E-state index contributed by atoms with van der Waals surface area (Å²) in [6, 6.07) is 15.1. The molecule has 25 heavy (non-hydrogen) atoms. The molecule has 2 heterocycles. The number of hydrogen-bond acceptors (Lipinski definition) is 2. The van der Waals surface area contributed by atoms with E-state index in [-0.39, 0.29) is 11.7 Å². The van der Waals surface area contributed by atoms with Crippen LogP contribution >= 0.6 is 0 Å². The summed E-state index contributed by atoms with van der Waals surface area (Å²) in [6.07, 6.45) is 0.943. The number of nitrogens with zero attached hydrogens (tertiary/aromatic N) is 2. The van der Waals surface area contributed by atoms with Crippen molar-refractivity contribution in [1.29, 1.82) is 0 Å². The normalized spacial score (nSPS) is 17.6. The van der Waals surface area contributed by atoms with Crippen molar-refractivity contribution < 1.29 is 14.1 Å². The number of amides is 1. The van der Waals surface area contributed by atoms with Crippen LogP contribution in [0, 0.1) is 5.82 Å². The van der Waals surface area contributed by atoms with Gasteiger partial charge in [0.15, 0.2) is 6.54 Å². The molecular formula is C20H23FN3O+. The molecule has 1 N–H and O–H groups in total. The molecule has 1 saturated heterocycles. The van der Waals surface area contributed by atoms with Gasteiger partial charge >= 0.3 is 0 Å². The van der Waals surface area contributed by atoms with Gasteiger partial charge in [-0.15, -0.1) is 0 Å². The predicted molar refractivity (Wildman–Crippen MR) is 96.7 cm³/mol. The van der Waals surface area contributed by atoms with Crippen LogP contribution in [0.1, 0.15) is 5.56 Å². The molecule has 0 unspecified atom stereocenters. The monoisotopic (exact) mass is 340 g/mol. The quantitative estimate of drug-likeness (QED) is 0.907. The van der Waals surface area contributed by atoms with Crippen LogP contribution in [0.2, 0.25) is 0 Å². The third kappa shape index (κ3) is 3.24. The van der Waals surface area contributed by atoms with Gasteiger partial charge in [0.1, 0.15) is 5.82 Å². The second-order valence-corrected chi connectivity index (χ2v) is 6.79. The zero-order valence-corrected chi connectivity index (χ0v) is 14.2. The number of benzene rings is 2. The van der Waals surface area contributed by atoms with Crippen molar-refractivity contribution >= 4 is 17.3 Å². The van der Waals surface area contributed by atoms with E-state index >= 15 is 0 Å². The highest BCUT2D eigenvalue weighted by molar-refractivity contribution is 5.96. The van der Waals surface area contributed by atoms with Gasteiger partial charge in [0, 0.05) is 12.2 Å². The lowest BCUT2D eigenvalue weighted by Gasteiger charge is -2.34. The lowest BCUT2D eigenvalue weighted by Crippen LogP contribution is -3.16. The van der Waals surface area contributed by atoms with Gasteiger partial charge in [0.2, 0.25) is 0 Å². The van der Waals surface area contributed by atoms with E-state index in [1.165, 1.54) is 16.5 Å². The van der Waals surface area contributed by atoms with Crippen LogP contribution in [0.4, 0.5) is 15.8 Å². The van der Waals surface area contributed by atoms with Crippen LogP contribution < -0.4 is 14.7 Å². The van der Waals surface area contributed by atoms with Crippen LogP contribution in [0.5, 0.6) is 0 Å². The van der Waals surface area contributed by atoms with E-state index in [2.05, 4.69) is 11.0 Å². The number of rotatable bonds is 3. The first kappa shape index (κ1) is 16.1. The summed E-state index contributed by atoms with van der Waals surface area (Å²) in [4.78, 5) is 18.0.